The van der Waals surface area contributed by atoms with Crippen molar-refractivity contribution < 1.29 is 0 Å². The summed E-state index contributed by atoms with van der Waals surface area (Å²) in [5.41, 5.74) is 6.29. The molecule has 2 aromatic carbocycles. The van der Waals surface area contributed by atoms with E-state index in [9.17, 15) is 0 Å². The lowest BCUT2D eigenvalue weighted by Crippen LogP contribution is -2.18. The number of aromatic nitrogens is 5. The van der Waals surface area contributed by atoms with Crippen LogP contribution in [0.2, 0.25) is 0 Å². The first-order valence-corrected chi connectivity index (χ1v) is 10.5. The minimum Gasteiger partial charge on any atom is -0.383 e. The molecule has 0 spiro atoms. The van der Waals surface area contributed by atoms with Gasteiger partial charge < -0.3 is 10.3 Å². The molecule has 0 aliphatic rings. The van der Waals surface area contributed by atoms with Crippen molar-refractivity contribution in [1.29, 1.82) is 0 Å². The maximum Gasteiger partial charge on any atom is 0.141 e. The minimum atomic E-state index is 0.242. The van der Waals surface area contributed by atoms with E-state index in [-0.39, 0.29) is 6.04 Å². The van der Waals surface area contributed by atoms with E-state index in [1.807, 2.05) is 29.2 Å². The van der Waals surface area contributed by atoms with Crippen molar-refractivity contribution in [3.63, 3.8) is 0 Å². The van der Waals surface area contributed by atoms with Gasteiger partial charge in [0.25, 0.3) is 0 Å². The molecule has 154 valence electrons. The first kappa shape index (κ1) is 19.1. The number of H-pyrrole nitrogens is 1. The van der Waals surface area contributed by atoms with Crippen molar-refractivity contribution in [2.24, 2.45) is 0 Å². The first-order valence-electron chi connectivity index (χ1n) is 10.5. The fourth-order valence-corrected chi connectivity index (χ4v) is 3.83. The fraction of sp³-hybridized carbons (Fsp3) is 0.160. The van der Waals surface area contributed by atoms with Crippen LogP contribution in [0.3, 0.4) is 0 Å². The van der Waals surface area contributed by atoms with Crippen LogP contribution in [0.15, 0.2) is 85.6 Å². The van der Waals surface area contributed by atoms with E-state index in [0.29, 0.717) is 0 Å². The van der Waals surface area contributed by atoms with Gasteiger partial charge in [-0.15, -0.1) is 0 Å². The van der Waals surface area contributed by atoms with E-state index in [1.165, 1.54) is 11.1 Å². The van der Waals surface area contributed by atoms with E-state index >= 15 is 0 Å². The van der Waals surface area contributed by atoms with Crippen molar-refractivity contribution >= 4 is 16.7 Å². The average Bonchev–Trinajstić information content (AvgIpc) is 3.50. The number of fused-ring (bicyclic) bond motifs is 1. The van der Waals surface area contributed by atoms with E-state index in [1.54, 1.807) is 6.33 Å². The highest BCUT2D eigenvalue weighted by molar-refractivity contribution is 5.89. The van der Waals surface area contributed by atoms with Crippen LogP contribution >= 0.6 is 0 Å². The number of aromatic amines is 1. The fourth-order valence-electron chi connectivity index (χ4n) is 3.83. The number of benzene rings is 2. The summed E-state index contributed by atoms with van der Waals surface area (Å²) in [4.78, 5) is 11.9. The molecule has 5 aromatic rings. The largest absolute Gasteiger partial charge is 0.383 e. The van der Waals surface area contributed by atoms with Crippen molar-refractivity contribution in [1.82, 2.24) is 24.7 Å². The zero-order valence-electron chi connectivity index (χ0n) is 17.4. The highest BCUT2D eigenvalue weighted by Gasteiger charge is 2.14. The number of rotatable bonds is 7. The van der Waals surface area contributed by atoms with Gasteiger partial charge in [-0.1, -0.05) is 49.4 Å². The third-order valence-electron chi connectivity index (χ3n) is 5.61. The van der Waals surface area contributed by atoms with Crippen molar-refractivity contribution in [2.45, 2.75) is 19.4 Å². The smallest absolute Gasteiger partial charge is 0.141 e. The molecule has 31 heavy (non-hydrogen) atoms. The lowest BCUT2D eigenvalue weighted by atomic mass is 10.1. The quantitative estimate of drug-likeness (QED) is 0.370. The van der Waals surface area contributed by atoms with Crippen LogP contribution in [-0.2, 0) is 0 Å². The molecule has 1 atom stereocenters. The molecule has 0 amide bonds. The van der Waals surface area contributed by atoms with Gasteiger partial charge in [-0.3, -0.25) is 4.68 Å². The maximum atomic E-state index is 4.63. The molecule has 0 fully saturated rings. The molecule has 6 heteroatoms. The first-order chi connectivity index (χ1) is 15.3. The minimum absolute atomic E-state index is 0.242. The Hall–Kier alpha value is -3.93. The third kappa shape index (κ3) is 3.92. The molecule has 3 aromatic heterocycles. The average molecular weight is 409 g/mol. The SMILES string of the molecule is CCC(CNc1ccc(-c2ccccc2)cc1)n1cc(-c2ncnc3[nH]ccc23)cn1. The van der Waals surface area contributed by atoms with E-state index in [2.05, 4.69) is 87.0 Å². The molecule has 0 aliphatic carbocycles. The Bertz CT molecular complexity index is 1270. The van der Waals surface area contributed by atoms with E-state index in [4.69, 9.17) is 0 Å². The summed E-state index contributed by atoms with van der Waals surface area (Å²) in [6.07, 6.45) is 8.40. The number of hydrogen-bond acceptors (Lipinski definition) is 4. The van der Waals surface area contributed by atoms with Crippen LogP contribution in [0.1, 0.15) is 19.4 Å². The van der Waals surface area contributed by atoms with Crippen LogP contribution in [0, 0.1) is 0 Å². The summed E-state index contributed by atoms with van der Waals surface area (Å²) in [6.45, 7) is 2.98. The summed E-state index contributed by atoms with van der Waals surface area (Å²) in [5, 5.41) is 9.19. The molecule has 0 bridgehead atoms. The van der Waals surface area contributed by atoms with Gasteiger partial charge in [-0.25, -0.2) is 9.97 Å². The Balaban J connectivity index is 1.29. The second kappa shape index (κ2) is 8.44. The normalized spacial score (nSPS) is 12.2. The zero-order valence-corrected chi connectivity index (χ0v) is 17.4. The van der Waals surface area contributed by atoms with Crippen molar-refractivity contribution in [3.05, 3.63) is 85.6 Å². The Morgan fingerprint density at radius 3 is 2.55 bits per heavy atom. The van der Waals surface area contributed by atoms with Gasteiger partial charge in [-0.2, -0.15) is 5.10 Å². The van der Waals surface area contributed by atoms with Gasteiger partial charge in [0, 0.05) is 35.6 Å². The zero-order chi connectivity index (χ0) is 21.0. The van der Waals surface area contributed by atoms with Gasteiger partial charge in [0.15, 0.2) is 0 Å². The standard InChI is InChI=1S/C25H24N6/c1-2-22(15-27-21-10-8-19(9-11-21)18-6-4-3-5-7-18)31-16-20(14-30-31)24-23-12-13-26-25(23)29-17-28-24/h3-14,16-17,22,27H,2,15H2,1H3,(H,26,28,29). The Labute approximate surface area is 181 Å². The van der Waals surface area contributed by atoms with Crippen LogP contribution in [0.5, 0.6) is 0 Å². The van der Waals surface area contributed by atoms with Crippen molar-refractivity contribution in [3.8, 4) is 22.4 Å². The molecule has 0 radical (unpaired) electrons. The molecule has 3 heterocycles. The summed E-state index contributed by atoms with van der Waals surface area (Å²) in [7, 11) is 0. The van der Waals surface area contributed by atoms with Gasteiger partial charge in [0.05, 0.1) is 17.9 Å². The summed E-state index contributed by atoms with van der Waals surface area (Å²) in [6, 6.07) is 21.2. The lowest BCUT2D eigenvalue weighted by molar-refractivity contribution is 0.460. The molecule has 0 saturated carbocycles. The predicted octanol–water partition coefficient (Wildman–Crippen LogP) is 5.55. The second-order valence-corrected chi connectivity index (χ2v) is 7.56. The summed E-state index contributed by atoms with van der Waals surface area (Å²) >= 11 is 0. The van der Waals surface area contributed by atoms with E-state index < -0.39 is 0 Å². The lowest BCUT2D eigenvalue weighted by Gasteiger charge is -2.17. The molecule has 0 saturated heterocycles. The summed E-state index contributed by atoms with van der Waals surface area (Å²) in [5.74, 6) is 0. The number of nitrogens with zero attached hydrogens (tertiary/aromatic N) is 4. The Morgan fingerprint density at radius 1 is 0.935 bits per heavy atom. The molecule has 1 unspecified atom stereocenters. The number of nitrogens with one attached hydrogen (secondary N) is 2. The Kier molecular flexibility index (Phi) is 5.19. The van der Waals surface area contributed by atoms with Crippen LogP contribution < -0.4 is 5.32 Å². The topological polar surface area (TPSA) is 71.4 Å². The highest BCUT2D eigenvalue weighted by atomic mass is 15.3. The summed E-state index contributed by atoms with van der Waals surface area (Å²) < 4.78 is 2.03. The highest BCUT2D eigenvalue weighted by Crippen LogP contribution is 2.26. The van der Waals surface area contributed by atoms with Gasteiger partial charge in [-0.05, 0) is 35.7 Å². The molecule has 5 rings (SSSR count). The van der Waals surface area contributed by atoms with E-state index in [0.717, 1.165) is 40.9 Å². The molecule has 2 N–H and O–H groups in total. The molecule has 6 nitrogen and oxygen atoms in total. The van der Waals surface area contributed by atoms with Crippen LogP contribution in [0.4, 0.5) is 5.69 Å². The third-order valence-corrected chi connectivity index (χ3v) is 5.61. The van der Waals surface area contributed by atoms with Crippen LogP contribution in [-0.4, -0.2) is 31.3 Å². The number of hydrogen-bond donors (Lipinski definition) is 2. The van der Waals surface area contributed by atoms with Crippen LogP contribution in [0.25, 0.3) is 33.4 Å². The number of anilines is 1. The maximum absolute atomic E-state index is 4.63. The second-order valence-electron chi connectivity index (χ2n) is 7.56. The van der Waals surface area contributed by atoms with Gasteiger partial charge >= 0.3 is 0 Å². The Morgan fingerprint density at radius 2 is 1.74 bits per heavy atom. The predicted molar refractivity (Wildman–Crippen MR) is 125 cm³/mol. The monoisotopic (exact) mass is 408 g/mol. The molecular weight excluding hydrogens is 384 g/mol. The molecule has 0 aliphatic heterocycles. The van der Waals surface area contributed by atoms with Crippen molar-refractivity contribution in [2.75, 3.05) is 11.9 Å². The van der Waals surface area contributed by atoms with Gasteiger partial charge in [0.1, 0.15) is 12.0 Å². The van der Waals surface area contributed by atoms with Gasteiger partial charge in [0.2, 0.25) is 0 Å². The molecular formula is C25H24N6.